The Bertz CT molecular complexity index is 626. The van der Waals surface area contributed by atoms with Crippen molar-refractivity contribution in [3.8, 4) is 11.4 Å². The van der Waals surface area contributed by atoms with Gasteiger partial charge in [-0.05, 0) is 18.2 Å². The van der Waals surface area contributed by atoms with Crippen molar-refractivity contribution < 1.29 is 9.32 Å². The fourth-order valence-electron chi connectivity index (χ4n) is 1.82. The summed E-state index contributed by atoms with van der Waals surface area (Å²) < 4.78 is 5.09. The summed E-state index contributed by atoms with van der Waals surface area (Å²) in [5, 5.41) is 6.75. The lowest BCUT2D eigenvalue weighted by molar-refractivity contribution is -0.113. The van der Waals surface area contributed by atoms with Crippen LogP contribution in [0.3, 0.4) is 0 Å². The molecule has 1 aliphatic heterocycles. The zero-order valence-corrected chi connectivity index (χ0v) is 10.9. The van der Waals surface area contributed by atoms with Crippen molar-refractivity contribution in [1.29, 1.82) is 0 Å². The summed E-state index contributed by atoms with van der Waals surface area (Å²) in [6, 6.07) is 5.73. The van der Waals surface area contributed by atoms with Gasteiger partial charge in [-0.3, -0.25) is 4.79 Å². The number of nitrogens with one attached hydrogen (secondary N) is 1. The molecule has 98 valence electrons. The number of nitrogens with zero attached hydrogens (tertiary/aromatic N) is 2. The Hall–Kier alpha value is -1.86. The van der Waals surface area contributed by atoms with E-state index in [1.54, 1.807) is 0 Å². The van der Waals surface area contributed by atoms with Gasteiger partial charge in [0.1, 0.15) is 0 Å². The van der Waals surface area contributed by atoms with E-state index in [1.807, 2.05) is 18.2 Å². The largest absolute Gasteiger partial charge is 0.339 e. The molecular weight excluding hydrogens is 264 g/mol. The van der Waals surface area contributed by atoms with Gasteiger partial charge in [-0.25, -0.2) is 0 Å². The van der Waals surface area contributed by atoms with Gasteiger partial charge < -0.3 is 15.6 Å². The number of nitrogens with two attached hydrogens (primary N) is 1. The predicted molar refractivity (Wildman–Crippen MR) is 71.8 cm³/mol. The number of anilines is 1. The second kappa shape index (κ2) is 5.02. The van der Waals surface area contributed by atoms with E-state index < -0.39 is 0 Å². The molecule has 0 bridgehead atoms. The summed E-state index contributed by atoms with van der Waals surface area (Å²) in [7, 11) is 0. The first-order valence-electron chi connectivity index (χ1n) is 5.86. The maximum atomic E-state index is 11.4. The lowest BCUT2D eigenvalue weighted by atomic mass is 10.2. The van der Waals surface area contributed by atoms with Crippen molar-refractivity contribution in [1.82, 2.24) is 10.1 Å². The van der Waals surface area contributed by atoms with E-state index in [-0.39, 0.29) is 5.91 Å². The van der Waals surface area contributed by atoms with Gasteiger partial charge >= 0.3 is 0 Å². The van der Waals surface area contributed by atoms with E-state index in [0.29, 0.717) is 30.4 Å². The number of fused-ring (bicyclic) bond motifs is 1. The third-order valence-corrected chi connectivity index (χ3v) is 3.77. The molecule has 3 N–H and O–H groups in total. The van der Waals surface area contributed by atoms with Gasteiger partial charge in [0.25, 0.3) is 0 Å². The van der Waals surface area contributed by atoms with Gasteiger partial charge in [0.15, 0.2) is 0 Å². The minimum atomic E-state index is 0.00610. The van der Waals surface area contributed by atoms with Crippen LogP contribution >= 0.6 is 11.8 Å². The molecule has 7 heteroatoms. The minimum Gasteiger partial charge on any atom is -0.339 e. The number of rotatable bonds is 3. The average Bonchev–Trinajstić information content (AvgIpc) is 2.87. The Morgan fingerprint density at radius 2 is 2.37 bits per heavy atom. The van der Waals surface area contributed by atoms with Gasteiger partial charge in [0.2, 0.25) is 17.6 Å². The van der Waals surface area contributed by atoms with Gasteiger partial charge in [-0.15, -0.1) is 11.8 Å². The van der Waals surface area contributed by atoms with Crippen LogP contribution in [0.15, 0.2) is 27.6 Å². The monoisotopic (exact) mass is 276 g/mol. The number of amides is 1. The van der Waals surface area contributed by atoms with Crippen molar-refractivity contribution >= 4 is 23.4 Å². The molecule has 19 heavy (non-hydrogen) atoms. The predicted octanol–water partition coefficient (Wildman–Crippen LogP) is 1.28. The molecule has 6 nitrogen and oxygen atoms in total. The van der Waals surface area contributed by atoms with Crippen LogP contribution in [0.1, 0.15) is 5.89 Å². The molecule has 0 radical (unpaired) electrons. The molecular formula is C12H12N4O2S. The minimum absolute atomic E-state index is 0.00610. The second-order valence-electron chi connectivity index (χ2n) is 4.10. The number of carbonyl (C=O) groups excluding carboxylic acids is 1. The first-order valence-corrected chi connectivity index (χ1v) is 6.84. The van der Waals surface area contributed by atoms with E-state index in [4.69, 9.17) is 10.3 Å². The normalized spacial score (nSPS) is 14.1. The summed E-state index contributed by atoms with van der Waals surface area (Å²) in [6.45, 7) is 0.471. The molecule has 1 amide bonds. The topological polar surface area (TPSA) is 94.0 Å². The molecule has 0 fully saturated rings. The van der Waals surface area contributed by atoms with Gasteiger partial charge in [-0.1, -0.05) is 5.16 Å². The molecule has 0 aliphatic carbocycles. The molecule has 1 aromatic carbocycles. The first kappa shape index (κ1) is 12.2. The number of carbonyl (C=O) groups is 1. The Kier molecular flexibility index (Phi) is 3.22. The van der Waals surface area contributed by atoms with Gasteiger partial charge in [0, 0.05) is 23.4 Å². The van der Waals surface area contributed by atoms with Crippen molar-refractivity contribution in [2.45, 2.75) is 11.3 Å². The van der Waals surface area contributed by atoms with Crippen molar-refractivity contribution in [2.75, 3.05) is 17.6 Å². The SMILES string of the molecule is NCCc1nc(-c2ccc3c(c2)NC(=O)CS3)no1. The Morgan fingerprint density at radius 3 is 3.21 bits per heavy atom. The number of benzene rings is 1. The molecule has 0 saturated carbocycles. The highest BCUT2D eigenvalue weighted by molar-refractivity contribution is 8.00. The molecule has 3 rings (SSSR count). The molecule has 1 aliphatic rings. The maximum absolute atomic E-state index is 11.4. The average molecular weight is 276 g/mol. The number of hydrogen-bond acceptors (Lipinski definition) is 6. The smallest absolute Gasteiger partial charge is 0.234 e. The fraction of sp³-hybridized carbons (Fsp3) is 0.250. The van der Waals surface area contributed by atoms with Crippen LogP contribution in [0, 0.1) is 0 Å². The molecule has 1 aromatic heterocycles. The van der Waals surface area contributed by atoms with Crippen LogP contribution in [0.2, 0.25) is 0 Å². The van der Waals surface area contributed by atoms with Gasteiger partial charge in [0.05, 0.1) is 11.4 Å². The quantitative estimate of drug-likeness (QED) is 0.877. The highest BCUT2D eigenvalue weighted by Crippen LogP contribution is 2.34. The van der Waals surface area contributed by atoms with Gasteiger partial charge in [-0.2, -0.15) is 4.98 Å². The number of aromatic nitrogens is 2. The summed E-state index contributed by atoms with van der Waals surface area (Å²) in [5.41, 5.74) is 7.05. The number of thioether (sulfide) groups is 1. The lowest BCUT2D eigenvalue weighted by Crippen LogP contribution is -2.18. The lowest BCUT2D eigenvalue weighted by Gasteiger charge is -2.16. The molecule has 0 spiro atoms. The van der Waals surface area contributed by atoms with Crippen LogP contribution in [0.5, 0.6) is 0 Å². The Balaban J connectivity index is 1.92. The molecule has 0 atom stereocenters. The molecule has 2 aromatic rings. The Labute approximate surface area is 113 Å². The summed E-state index contributed by atoms with van der Waals surface area (Å²) in [5.74, 6) is 1.49. The van der Waals surface area contributed by atoms with Crippen LogP contribution in [-0.4, -0.2) is 28.3 Å². The van der Waals surface area contributed by atoms with E-state index in [2.05, 4.69) is 15.5 Å². The Morgan fingerprint density at radius 1 is 1.47 bits per heavy atom. The highest BCUT2D eigenvalue weighted by atomic mass is 32.2. The van der Waals surface area contributed by atoms with Crippen LogP contribution in [0.4, 0.5) is 5.69 Å². The third-order valence-electron chi connectivity index (χ3n) is 2.70. The summed E-state index contributed by atoms with van der Waals surface area (Å²) >= 11 is 1.52. The molecule has 0 unspecified atom stereocenters. The van der Waals surface area contributed by atoms with Crippen LogP contribution < -0.4 is 11.1 Å². The zero-order chi connectivity index (χ0) is 13.2. The van der Waals surface area contributed by atoms with E-state index in [0.717, 1.165) is 16.1 Å². The summed E-state index contributed by atoms with van der Waals surface area (Å²) in [4.78, 5) is 16.7. The maximum Gasteiger partial charge on any atom is 0.234 e. The van der Waals surface area contributed by atoms with Crippen LogP contribution in [0.25, 0.3) is 11.4 Å². The van der Waals surface area contributed by atoms with E-state index in [1.165, 1.54) is 11.8 Å². The van der Waals surface area contributed by atoms with Crippen molar-refractivity contribution in [2.24, 2.45) is 5.73 Å². The standard InChI is InChI=1S/C12H12N4O2S/c13-4-3-11-15-12(16-18-11)7-1-2-9-8(5-7)14-10(17)6-19-9/h1-2,5H,3-4,6,13H2,(H,14,17). The molecule has 0 saturated heterocycles. The second-order valence-corrected chi connectivity index (χ2v) is 5.12. The first-order chi connectivity index (χ1) is 9.26. The highest BCUT2D eigenvalue weighted by Gasteiger charge is 2.17. The van der Waals surface area contributed by atoms with E-state index in [9.17, 15) is 4.79 Å². The number of hydrogen-bond donors (Lipinski definition) is 2. The summed E-state index contributed by atoms with van der Waals surface area (Å²) in [6.07, 6.45) is 0.560. The van der Waals surface area contributed by atoms with E-state index >= 15 is 0 Å². The third kappa shape index (κ3) is 2.47. The van der Waals surface area contributed by atoms with Crippen molar-refractivity contribution in [3.63, 3.8) is 0 Å². The fourth-order valence-corrected chi connectivity index (χ4v) is 2.61. The zero-order valence-electron chi connectivity index (χ0n) is 10.0. The van der Waals surface area contributed by atoms with Crippen molar-refractivity contribution in [3.05, 3.63) is 24.1 Å². The molecule has 2 heterocycles. The van der Waals surface area contributed by atoms with Crippen LogP contribution in [-0.2, 0) is 11.2 Å².